The highest BCUT2D eigenvalue weighted by molar-refractivity contribution is 5.85. The maximum atomic E-state index is 9.23. The fourth-order valence-electron chi connectivity index (χ4n) is 1.66. The van der Waals surface area contributed by atoms with E-state index in [1.54, 1.807) is 6.20 Å². The molecule has 0 aromatic heterocycles. The number of halogens is 1. The summed E-state index contributed by atoms with van der Waals surface area (Å²) < 4.78 is 0. The summed E-state index contributed by atoms with van der Waals surface area (Å²) in [7, 11) is 0. The highest BCUT2D eigenvalue weighted by Gasteiger charge is 2.22. The molecule has 16 heavy (non-hydrogen) atoms. The van der Waals surface area contributed by atoms with E-state index in [4.69, 9.17) is 0 Å². The Bertz CT molecular complexity index is 387. The van der Waals surface area contributed by atoms with Crippen LogP contribution in [0.2, 0.25) is 0 Å². The van der Waals surface area contributed by atoms with Gasteiger partial charge in [-0.1, -0.05) is 36.4 Å². The third-order valence-electron chi connectivity index (χ3n) is 2.39. The number of rotatable bonds is 2. The van der Waals surface area contributed by atoms with Gasteiger partial charge in [0.05, 0.1) is 0 Å². The van der Waals surface area contributed by atoms with Gasteiger partial charge in [0.1, 0.15) is 6.04 Å². The molecule has 1 aliphatic rings. The lowest BCUT2D eigenvalue weighted by Crippen LogP contribution is -2.39. The second-order valence-electron chi connectivity index (χ2n) is 3.41. The van der Waals surface area contributed by atoms with Crippen LogP contribution < -0.4 is 5.32 Å². The van der Waals surface area contributed by atoms with Gasteiger partial charge in [-0.2, -0.15) is 0 Å². The molecule has 3 N–H and O–H groups in total. The molecule has 1 aromatic rings. The van der Waals surface area contributed by atoms with Crippen LogP contribution in [0, 0.1) is 0 Å². The standard InChI is InChI=1S/C12H13NO2.ClH/c14-12(15)11-10(7-4-8-13-11)9-5-2-1-3-6-9;/h1-8,11-15H;1H. The number of aliphatic hydroxyl groups excluding tert-OH is 1. The van der Waals surface area contributed by atoms with Gasteiger partial charge in [-0.3, -0.25) is 0 Å². The molecule has 0 fully saturated rings. The Morgan fingerprint density at radius 2 is 1.81 bits per heavy atom. The molecule has 0 spiro atoms. The number of aliphatic hydroxyl groups is 2. The first-order chi connectivity index (χ1) is 7.29. The summed E-state index contributed by atoms with van der Waals surface area (Å²) in [6.07, 6.45) is 4.04. The molecule has 0 saturated heterocycles. The molecule has 1 atom stereocenters. The molecule has 1 unspecified atom stereocenters. The van der Waals surface area contributed by atoms with Crippen molar-refractivity contribution in [2.45, 2.75) is 12.3 Å². The van der Waals surface area contributed by atoms with Crippen molar-refractivity contribution < 1.29 is 10.2 Å². The molecule has 1 aliphatic heterocycles. The van der Waals surface area contributed by atoms with E-state index in [0.29, 0.717) is 0 Å². The average Bonchev–Trinajstić information content (AvgIpc) is 2.30. The van der Waals surface area contributed by atoms with Crippen LogP contribution in [0.25, 0.3) is 5.57 Å². The molecule has 86 valence electrons. The van der Waals surface area contributed by atoms with Crippen molar-refractivity contribution in [3.05, 3.63) is 54.2 Å². The summed E-state index contributed by atoms with van der Waals surface area (Å²) in [5.41, 5.74) is 1.88. The van der Waals surface area contributed by atoms with Crippen molar-refractivity contribution in [2.75, 3.05) is 0 Å². The van der Waals surface area contributed by atoms with E-state index in [-0.39, 0.29) is 12.4 Å². The monoisotopic (exact) mass is 239 g/mol. The van der Waals surface area contributed by atoms with Gasteiger partial charge >= 0.3 is 0 Å². The highest BCUT2D eigenvalue weighted by atomic mass is 35.5. The normalized spacial score (nSPS) is 18.7. The van der Waals surface area contributed by atoms with Gasteiger partial charge in [0.25, 0.3) is 0 Å². The highest BCUT2D eigenvalue weighted by Crippen LogP contribution is 2.22. The van der Waals surface area contributed by atoms with Crippen molar-refractivity contribution in [3.63, 3.8) is 0 Å². The second kappa shape index (κ2) is 5.70. The van der Waals surface area contributed by atoms with E-state index >= 15 is 0 Å². The van der Waals surface area contributed by atoms with Gasteiger partial charge in [-0.25, -0.2) is 0 Å². The van der Waals surface area contributed by atoms with Gasteiger partial charge in [-0.15, -0.1) is 12.4 Å². The van der Waals surface area contributed by atoms with Crippen LogP contribution in [-0.4, -0.2) is 22.5 Å². The third kappa shape index (κ3) is 2.64. The number of hydrogen-bond donors (Lipinski definition) is 3. The Kier molecular flexibility index (Phi) is 4.55. The molecule has 0 amide bonds. The zero-order valence-electron chi connectivity index (χ0n) is 8.58. The summed E-state index contributed by atoms with van der Waals surface area (Å²) in [6.45, 7) is 0. The minimum atomic E-state index is -1.40. The minimum Gasteiger partial charge on any atom is -0.380 e. The Morgan fingerprint density at radius 3 is 2.44 bits per heavy atom. The van der Waals surface area contributed by atoms with Crippen LogP contribution in [-0.2, 0) is 0 Å². The zero-order valence-corrected chi connectivity index (χ0v) is 9.39. The molecule has 2 rings (SSSR count). The average molecular weight is 240 g/mol. The molecule has 3 nitrogen and oxygen atoms in total. The van der Waals surface area contributed by atoms with Crippen LogP contribution in [0.3, 0.4) is 0 Å². The maximum absolute atomic E-state index is 9.23. The first kappa shape index (κ1) is 12.8. The van der Waals surface area contributed by atoms with Gasteiger partial charge in [-0.05, 0) is 23.4 Å². The molecule has 0 bridgehead atoms. The van der Waals surface area contributed by atoms with Crippen molar-refractivity contribution >= 4 is 18.0 Å². The quantitative estimate of drug-likeness (QED) is 0.682. The lowest BCUT2D eigenvalue weighted by atomic mass is 9.96. The topological polar surface area (TPSA) is 52.5 Å². The van der Waals surface area contributed by atoms with Gasteiger partial charge in [0, 0.05) is 0 Å². The SMILES string of the molecule is Cl.OC(O)C1NC=CC=C1c1ccccc1. The maximum Gasteiger partial charge on any atom is 0.176 e. The third-order valence-corrected chi connectivity index (χ3v) is 2.39. The van der Waals surface area contributed by atoms with Crippen LogP contribution >= 0.6 is 12.4 Å². The molecular weight excluding hydrogens is 226 g/mol. The van der Waals surface area contributed by atoms with E-state index in [2.05, 4.69) is 5.32 Å². The largest absolute Gasteiger partial charge is 0.380 e. The molecule has 0 saturated carbocycles. The second-order valence-corrected chi connectivity index (χ2v) is 3.41. The molecule has 1 aromatic carbocycles. The molecule has 1 heterocycles. The lowest BCUT2D eigenvalue weighted by Gasteiger charge is -2.25. The minimum absolute atomic E-state index is 0. The molecule has 0 aliphatic carbocycles. The Balaban J connectivity index is 0.00000128. The number of allylic oxidation sites excluding steroid dienone is 2. The lowest BCUT2D eigenvalue weighted by molar-refractivity contribution is -0.0508. The van der Waals surface area contributed by atoms with Crippen molar-refractivity contribution in [1.82, 2.24) is 5.32 Å². The Labute approximate surface area is 101 Å². The summed E-state index contributed by atoms with van der Waals surface area (Å²) in [5.74, 6) is 0. The van der Waals surface area contributed by atoms with E-state index in [0.717, 1.165) is 11.1 Å². The first-order valence-electron chi connectivity index (χ1n) is 4.83. The van der Waals surface area contributed by atoms with E-state index in [9.17, 15) is 10.2 Å². The van der Waals surface area contributed by atoms with E-state index < -0.39 is 12.3 Å². The summed E-state index contributed by atoms with van der Waals surface area (Å²) in [5, 5.41) is 21.4. The van der Waals surface area contributed by atoms with E-state index in [1.165, 1.54) is 0 Å². The van der Waals surface area contributed by atoms with Crippen molar-refractivity contribution in [1.29, 1.82) is 0 Å². The number of nitrogens with one attached hydrogen (secondary N) is 1. The first-order valence-corrected chi connectivity index (χ1v) is 4.83. The van der Waals surface area contributed by atoms with Crippen molar-refractivity contribution in [2.24, 2.45) is 0 Å². The van der Waals surface area contributed by atoms with Crippen LogP contribution in [0.1, 0.15) is 5.56 Å². The molecule has 4 heteroatoms. The van der Waals surface area contributed by atoms with Gasteiger partial charge < -0.3 is 15.5 Å². The van der Waals surface area contributed by atoms with Crippen LogP contribution in [0.5, 0.6) is 0 Å². The predicted octanol–water partition coefficient (Wildman–Crippen LogP) is 1.29. The predicted molar refractivity (Wildman–Crippen MR) is 66.0 cm³/mol. The van der Waals surface area contributed by atoms with Crippen molar-refractivity contribution in [3.8, 4) is 0 Å². The Morgan fingerprint density at radius 1 is 1.12 bits per heavy atom. The molecular formula is C12H14ClNO2. The summed E-state index contributed by atoms with van der Waals surface area (Å²) in [6, 6.07) is 9.22. The zero-order chi connectivity index (χ0) is 10.7. The smallest absolute Gasteiger partial charge is 0.176 e. The number of hydrogen-bond acceptors (Lipinski definition) is 3. The van der Waals surface area contributed by atoms with E-state index in [1.807, 2.05) is 42.5 Å². The summed E-state index contributed by atoms with van der Waals surface area (Å²) >= 11 is 0. The fraction of sp³-hybridized carbons (Fsp3) is 0.167. The number of dihydropyridines is 1. The van der Waals surface area contributed by atoms with Crippen LogP contribution in [0.4, 0.5) is 0 Å². The number of benzene rings is 1. The summed E-state index contributed by atoms with van der Waals surface area (Å²) in [4.78, 5) is 0. The van der Waals surface area contributed by atoms with Gasteiger partial charge in [0.2, 0.25) is 0 Å². The molecule has 0 radical (unpaired) electrons. The van der Waals surface area contributed by atoms with Gasteiger partial charge in [0.15, 0.2) is 6.29 Å². The fourth-order valence-corrected chi connectivity index (χ4v) is 1.66. The Hall–Kier alpha value is -1.29. The van der Waals surface area contributed by atoms with Crippen LogP contribution in [0.15, 0.2) is 48.7 Å².